The lowest BCUT2D eigenvalue weighted by Gasteiger charge is -2.33. The Balaban J connectivity index is 2.16. The molecule has 0 N–H and O–H groups in total. The largest absolute Gasteiger partial charge is 0.307 e. The second-order valence-corrected chi connectivity index (χ2v) is 4.14. The molecule has 0 bridgehead atoms. The molecule has 0 aliphatic heterocycles. The van der Waals surface area contributed by atoms with E-state index < -0.39 is 0 Å². The molecule has 3 heteroatoms. The molecule has 0 atom stereocenters. The Labute approximate surface area is 88.0 Å². The fraction of sp³-hybridized carbons (Fsp3) is 0.333. The van der Waals surface area contributed by atoms with Gasteiger partial charge < -0.3 is 4.40 Å². The molecule has 3 nitrogen and oxygen atoms in total. The number of hydrogen-bond acceptors (Lipinski definition) is 2. The summed E-state index contributed by atoms with van der Waals surface area (Å²) in [4.78, 5) is 4.52. The maximum Gasteiger partial charge on any atom is 0.137 e. The summed E-state index contributed by atoms with van der Waals surface area (Å²) < 4.78 is 1.98. The topological polar surface area (TPSA) is 41.1 Å². The Hall–Kier alpha value is -1.82. The summed E-state index contributed by atoms with van der Waals surface area (Å²) in [5, 5.41) is 9.22. The number of hydrogen-bond donors (Lipinski definition) is 0. The van der Waals surface area contributed by atoms with Crippen molar-refractivity contribution < 1.29 is 0 Å². The monoisotopic (exact) mass is 197 g/mol. The van der Waals surface area contributed by atoms with E-state index in [1.165, 1.54) is 0 Å². The fourth-order valence-electron chi connectivity index (χ4n) is 2.12. The first-order chi connectivity index (χ1) is 7.34. The van der Waals surface area contributed by atoms with Crippen LogP contribution >= 0.6 is 0 Å². The van der Waals surface area contributed by atoms with Crippen LogP contribution in [0.2, 0.25) is 0 Å². The summed E-state index contributed by atoms with van der Waals surface area (Å²) in [6.07, 6.45) is 7.00. The first-order valence-electron chi connectivity index (χ1n) is 5.20. The van der Waals surface area contributed by atoms with E-state index >= 15 is 0 Å². The van der Waals surface area contributed by atoms with E-state index in [0.717, 1.165) is 30.6 Å². The number of nitrogens with zero attached hydrogens (tertiary/aromatic N) is 3. The summed E-state index contributed by atoms with van der Waals surface area (Å²) in [7, 11) is 0. The molecule has 1 aliphatic rings. The molecule has 1 saturated carbocycles. The molecule has 2 aromatic rings. The number of aromatic nitrogens is 2. The Kier molecular flexibility index (Phi) is 1.60. The van der Waals surface area contributed by atoms with Gasteiger partial charge in [0.05, 0.1) is 11.8 Å². The van der Waals surface area contributed by atoms with Crippen molar-refractivity contribution in [3.8, 4) is 6.07 Å². The lowest BCUT2D eigenvalue weighted by atomic mass is 9.68. The standard InChI is InChI=1S/C12H11N3/c13-9-12(5-3-6-12)10-8-15-7-2-1-4-11(15)14-10/h1-2,4,7-8H,3,5-6H2. The van der Waals surface area contributed by atoms with E-state index in [1.54, 1.807) is 0 Å². The Morgan fingerprint density at radius 1 is 1.40 bits per heavy atom. The van der Waals surface area contributed by atoms with Crippen molar-refractivity contribution >= 4 is 5.65 Å². The molecule has 74 valence electrons. The average Bonchev–Trinajstić information content (AvgIpc) is 2.60. The third-order valence-electron chi connectivity index (χ3n) is 3.28. The predicted octanol–water partition coefficient (Wildman–Crippen LogP) is 2.28. The van der Waals surface area contributed by atoms with Crippen LogP contribution in [-0.4, -0.2) is 9.38 Å². The van der Waals surface area contributed by atoms with E-state index in [-0.39, 0.29) is 5.41 Å². The third-order valence-corrected chi connectivity index (χ3v) is 3.28. The molecule has 1 aliphatic carbocycles. The minimum absolute atomic E-state index is 0.300. The van der Waals surface area contributed by atoms with Gasteiger partial charge >= 0.3 is 0 Å². The zero-order chi connectivity index (χ0) is 10.3. The van der Waals surface area contributed by atoms with Gasteiger partial charge in [-0.05, 0) is 31.4 Å². The van der Waals surface area contributed by atoms with Crippen LogP contribution in [0.5, 0.6) is 0 Å². The first-order valence-corrected chi connectivity index (χ1v) is 5.20. The molecule has 3 rings (SSSR count). The van der Waals surface area contributed by atoms with Gasteiger partial charge in [-0.25, -0.2) is 4.98 Å². The summed E-state index contributed by atoms with van der Waals surface area (Å²) in [5.74, 6) is 0. The van der Waals surface area contributed by atoms with Crippen LogP contribution in [0.25, 0.3) is 5.65 Å². The highest BCUT2D eigenvalue weighted by Gasteiger charge is 2.41. The van der Waals surface area contributed by atoms with Crippen molar-refractivity contribution in [1.29, 1.82) is 5.26 Å². The zero-order valence-corrected chi connectivity index (χ0v) is 8.35. The van der Waals surface area contributed by atoms with Gasteiger partial charge in [0.1, 0.15) is 11.1 Å². The summed E-state index contributed by atoms with van der Waals surface area (Å²) in [5.41, 5.74) is 1.56. The lowest BCUT2D eigenvalue weighted by Crippen LogP contribution is -2.32. The smallest absolute Gasteiger partial charge is 0.137 e. The fourth-order valence-corrected chi connectivity index (χ4v) is 2.12. The Bertz CT molecular complexity index is 510. The van der Waals surface area contributed by atoms with Crippen molar-refractivity contribution in [3.63, 3.8) is 0 Å². The molecule has 0 spiro atoms. The number of pyridine rings is 1. The third kappa shape index (κ3) is 1.08. The Morgan fingerprint density at radius 2 is 2.27 bits per heavy atom. The number of nitriles is 1. The van der Waals surface area contributed by atoms with Crippen LogP contribution in [0, 0.1) is 11.3 Å². The van der Waals surface area contributed by atoms with Gasteiger partial charge in [0.2, 0.25) is 0 Å². The molecule has 0 aromatic carbocycles. The maximum absolute atomic E-state index is 9.22. The summed E-state index contributed by atoms with van der Waals surface area (Å²) in [6.45, 7) is 0. The van der Waals surface area contributed by atoms with Crippen LogP contribution in [0.4, 0.5) is 0 Å². The van der Waals surface area contributed by atoms with Gasteiger partial charge in [0, 0.05) is 12.4 Å². The van der Waals surface area contributed by atoms with Crippen molar-refractivity contribution in [1.82, 2.24) is 9.38 Å². The van der Waals surface area contributed by atoms with Crippen molar-refractivity contribution in [2.24, 2.45) is 0 Å². The van der Waals surface area contributed by atoms with Crippen LogP contribution in [0.15, 0.2) is 30.6 Å². The predicted molar refractivity (Wildman–Crippen MR) is 56.3 cm³/mol. The van der Waals surface area contributed by atoms with Crippen molar-refractivity contribution in [2.75, 3.05) is 0 Å². The highest BCUT2D eigenvalue weighted by Crippen LogP contribution is 2.42. The van der Waals surface area contributed by atoms with Crippen molar-refractivity contribution in [2.45, 2.75) is 24.7 Å². The molecule has 0 unspecified atom stereocenters. The quantitative estimate of drug-likeness (QED) is 0.703. The highest BCUT2D eigenvalue weighted by molar-refractivity contribution is 5.43. The van der Waals surface area contributed by atoms with Crippen LogP contribution < -0.4 is 0 Å². The molecular weight excluding hydrogens is 186 g/mol. The van der Waals surface area contributed by atoms with E-state index in [9.17, 15) is 5.26 Å². The Morgan fingerprint density at radius 3 is 2.87 bits per heavy atom. The molecular formula is C12H11N3. The van der Waals surface area contributed by atoms with E-state index in [1.807, 2.05) is 35.0 Å². The van der Waals surface area contributed by atoms with Gasteiger partial charge in [0.25, 0.3) is 0 Å². The van der Waals surface area contributed by atoms with E-state index in [2.05, 4.69) is 11.1 Å². The van der Waals surface area contributed by atoms with E-state index in [4.69, 9.17) is 0 Å². The van der Waals surface area contributed by atoms with Gasteiger partial charge in [-0.3, -0.25) is 0 Å². The summed E-state index contributed by atoms with van der Waals surface area (Å²) >= 11 is 0. The van der Waals surface area contributed by atoms with Gasteiger partial charge in [0.15, 0.2) is 0 Å². The van der Waals surface area contributed by atoms with Crippen LogP contribution in [0.3, 0.4) is 0 Å². The average molecular weight is 197 g/mol. The molecule has 0 saturated heterocycles. The lowest BCUT2D eigenvalue weighted by molar-refractivity contribution is 0.317. The normalized spacial score (nSPS) is 18.3. The highest BCUT2D eigenvalue weighted by atomic mass is 15.0. The minimum atomic E-state index is -0.300. The number of imidazole rings is 1. The van der Waals surface area contributed by atoms with Gasteiger partial charge in [-0.2, -0.15) is 5.26 Å². The molecule has 1 fully saturated rings. The SMILES string of the molecule is N#CC1(c2cn3ccccc3n2)CCC1. The zero-order valence-electron chi connectivity index (χ0n) is 8.35. The molecule has 0 radical (unpaired) electrons. The molecule has 2 aromatic heterocycles. The van der Waals surface area contributed by atoms with Crippen molar-refractivity contribution in [3.05, 3.63) is 36.3 Å². The number of fused-ring (bicyclic) bond motifs is 1. The van der Waals surface area contributed by atoms with Gasteiger partial charge in [-0.15, -0.1) is 0 Å². The molecule has 15 heavy (non-hydrogen) atoms. The first kappa shape index (κ1) is 8.49. The molecule has 2 heterocycles. The molecule has 0 amide bonds. The summed E-state index contributed by atoms with van der Waals surface area (Å²) in [6, 6.07) is 8.32. The van der Waals surface area contributed by atoms with Crippen LogP contribution in [-0.2, 0) is 5.41 Å². The van der Waals surface area contributed by atoms with Gasteiger partial charge in [-0.1, -0.05) is 6.07 Å². The second kappa shape index (κ2) is 2.83. The van der Waals surface area contributed by atoms with Crippen LogP contribution in [0.1, 0.15) is 25.0 Å². The number of rotatable bonds is 1. The maximum atomic E-state index is 9.22. The minimum Gasteiger partial charge on any atom is -0.307 e. The second-order valence-electron chi connectivity index (χ2n) is 4.14. The van der Waals surface area contributed by atoms with E-state index in [0.29, 0.717) is 0 Å².